The molecule has 0 atom stereocenters. The zero-order valence-corrected chi connectivity index (χ0v) is 10.8. The topological polar surface area (TPSA) is 24.9 Å². The fraction of sp³-hybridized carbons (Fsp3) is 0.500. The van der Waals surface area contributed by atoms with E-state index in [2.05, 4.69) is 27.9 Å². The monoisotopic (exact) mass is 246 g/mol. The summed E-state index contributed by atoms with van der Waals surface area (Å²) in [6.07, 6.45) is 7.06. The summed E-state index contributed by atoms with van der Waals surface area (Å²) in [6, 6.07) is 8.36. The van der Waals surface area contributed by atoms with Crippen LogP contribution in [0.4, 0.5) is 5.00 Å². The number of aromatic nitrogens is 1. The van der Waals surface area contributed by atoms with Gasteiger partial charge < -0.3 is 5.32 Å². The summed E-state index contributed by atoms with van der Waals surface area (Å²) in [6.45, 7) is 1.09. The van der Waals surface area contributed by atoms with Crippen LogP contribution in [0.25, 0.3) is 10.9 Å². The summed E-state index contributed by atoms with van der Waals surface area (Å²) >= 11 is 1.58. The summed E-state index contributed by atoms with van der Waals surface area (Å²) in [5.74, 6) is 0.960. The molecule has 0 spiro atoms. The van der Waals surface area contributed by atoms with Crippen molar-refractivity contribution in [3.05, 3.63) is 24.3 Å². The molecule has 17 heavy (non-hydrogen) atoms. The Bertz CT molecular complexity index is 486. The summed E-state index contributed by atoms with van der Waals surface area (Å²) in [4.78, 5) is 0. The van der Waals surface area contributed by atoms with Crippen LogP contribution in [0.2, 0.25) is 0 Å². The molecule has 1 fully saturated rings. The molecule has 1 aliphatic carbocycles. The van der Waals surface area contributed by atoms with Crippen LogP contribution in [0.15, 0.2) is 24.3 Å². The maximum absolute atomic E-state index is 4.45. The molecule has 1 N–H and O–H groups in total. The Morgan fingerprint density at radius 2 is 2.06 bits per heavy atom. The van der Waals surface area contributed by atoms with Crippen molar-refractivity contribution in [3.8, 4) is 0 Å². The first-order chi connectivity index (χ1) is 8.43. The van der Waals surface area contributed by atoms with Gasteiger partial charge in [-0.05, 0) is 36.0 Å². The van der Waals surface area contributed by atoms with E-state index in [1.54, 1.807) is 11.5 Å². The van der Waals surface area contributed by atoms with Crippen LogP contribution in [0, 0.1) is 5.92 Å². The van der Waals surface area contributed by atoms with Gasteiger partial charge in [0.25, 0.3) is 0 Å². The van der Waals surface area contributed by atoms with Gasteiger partial charge in [0.05, 0.1) is 5.52 Å². The highest BCUT2D eigenvalue weighted by atomic mass is 32.1. The van der Waals surface area contributed by atoms with Crippen LogP contribution >= 0.6 is 11.5 Å². The minimum atomic E-state index is 0.960. The van der Waals surface area contributed by atoms with Gasteiger partial charge in [-0.2, -0.15) is 4.37 Å². The van der Waals surface area contributed by atoms with Crippen LogP contribution in [0.1, 0.15) is 32.1 Å². The quantitative estimate of drug-likeness (QED) is 0.870. The Labute approximate surface area is 106 Å². The number of rotatable bonds is 4. The number of fused-ring (bicyclic) bond motifs is 1. The highest BCUT2D eigenvalue weighted by molar-refractivity contribution is 7.11. The average molecular weight is 246 g/mol. The van der Waals surface area contributed by atoms with E-state index in [4.69, 9.17) is 0 Å². The van der Waals surface area contributed by atoms with Crippen LogP contribution < -0.4 is 5.32 Å². The molecular formula is C14H18N2S. The first kappa shape index (κ1) is 11.0. The van der Waals surface area contributed by atoms with Crippen LogP contribution in [0.5, 0.6) is 0 Å². The standard InChI is InChI=1S/C14H18N2S/c1-2-6-11(5-1)9-10-15-14-12-7-3-4-8-13(12)16-17-14/h3-4,7-8,11,15H,1-2,5-6,9-10H2. The van der Waals surface area contributed by atoms with Crippen molar-refractivity contribution in [2.24, 2.45) is 5.92 Å². The molecule has 1 aromatic carbocycles. The van der Waals surface area contributed by atoms with Crippen LogP contribution in [-0.4, -0.2) is 10.9 Å². The number of anilines is 1. The van der Waals surface area contributed by atoms with Gasteiger partial charge in [0.2, 0.25) is 0 Å². The van der Waals surface area contributed by atoms with Crippen LogP contribution in [0.3, 0.4) is 0 Å². The maximum atomic E-state index is 4.45. The third kappa shape index (κ3) is 2.44. The molecular weight excluding hydrogens is 228 g/mol. The lowest BCUT2D eigenvalue weighted by atomic mass is 10.0. The predicted molar refractivity (Wildman–Crippen MR) is 74.7 cm³/mol. The molecule has 0 radical (unpaired) electrons. The summed E-state index contributed by atoms with van der Waals surface area (Å²) in [5.41, 5.74) is 1.11. The highest BCUT2D eigenvalue weighted by Crippen LogP contribution is 2.29. The predicted octanol–water partition coefficient (Wildman–Crippen LogP) is 4.29. The smallest absolute Gasteiger partial charge is 0.117 e. The zero-order chi connectivity index (χ0) is 11.5. The first-order valence-corrected chi connectivity index (χ1v) is 7.29. The second-order valence-electron chi connectivity index (χ2n) is 4.89. The molecule has 1 heterocycles. The van der Waals surface area contributed by atoms with Gasteiger partial charge in [0.15, 0.2) is 0 Å². The lowest BCUT2D eigenvalue weighted by molar-refractivity contribution is 0.519. The number of benzene rings is 1. The third-order valence-corrected chi connectivity index (χ3v) is 4.53. The Kier molecular flexibility index (Phi) is 3.27. The van der Waals surface area contributed by atoms with Crippen LogP contribution in [-0.2, 0) is 0 Å². The molecule has 2 aromatic rings. The van der Waals surface area contributed by atoms with E-state index in [-0.39, 0.29) is 0 Å². The molecule has 3 heteroatoms. The van der Waals surface area contributed by atoms with Crippen molar-refractivity contribution in [2.75, 3.05) is 11.9 Å². The Balaban J connectivity index is 1.60. The van der Waals surface area contributed by atoms with Crippen molar-refractivity contribution >= 4 is 27.4 Å². The summed E-state index contributed by atoms with van der Waals surface area (Å²) < 4.78 is 4.45. The molecule has 2 nitrogen and oxygen atoms in total. The second kappa shape index (κ2) is 5.05. The van der Waals surface area contributed by atoms with Gasteiger partial charge in [-0.3, -0.25) is 0 Å². The number of hydrogen-bond acceptors (Lipinski definition) is 3. The van der Waals surface area contributed by atoms with Gasteiger partial charge >= 0.3 is 0 Å². The van der Waals surface area contributed by atoms with E-state index in [9.17, 15) is 0 Å². The van der Waals surface area contributed by atoms with Crippen molar-refractivity contribution in [1.29, 1.82) is 0 Å². The lowest BCUT2D eigenvalue weighted by Gasteiger charge is -2.09. The number of nitrogens with zero attached hydrogens (tertiary/aromatic N) is 1. The fourth-order valence-electron chi connectivity index (χ4n) is 2.71. The number of hydrogen-bond donors (Lipinski definition) is 1. The Morgan fingerprint density at radius 3 is 2.94 bits per heavy atom. The van der Waals surface area contributed by atoms with Gasteiger partial charge in [0.1, 0.15) is 5.00 Å². The summed E-state index contributed by atoms with van der Waals surface area (Å²) in [5, 5.41) is 6.05. The molecule has 1 saturated carbocycles. The van der Waals surface area contributed by atoms with Crippen molar-refractivity contribution in [2.45, 2.75) is 32.1 Å². The van der Waals surface area contributed by atoms with Crippen molar-refractivity contribution in [3.63, 3.8) is 0 Å². The molecule has 0 aliphatic heterocycles. The van der Waals surface area contributed by atoms with Crippen molar-refractivity contribution in [1.82, 2.24) is 4.37 Å². The van der Waals surface area contributed by atoms with Gasteiger partial charge in [-0.25, -0.2) is 0 Å². The third-order valence-electron chi connectivity index (χ3n) is 3.70. The zero-order valence-electron chi connectivity index (χ0n) is 9.98. The van der Waals surface area contributed by atoms with Crippen molar-refractivity contribution < 1.29 is 0 Å². The molecule has 90 valence electrons. The SMILES string of the molecule is c1ccc2c(NCCC3CCCC3)snc2c1. The van der Waals surface area contributed by atoms with E-state index in [0.29, 0.717) is 0 Å². The molecule has 0 bridgehead atoms. The van der Waals surface area contributed by atoms with Gasteiger partial charge in [-0.15, -0.1) is 0 Å². The lowest BCUT2D eigenvalue weighted by Crippen LogP contribution is -2.05. The molecule has 0 saturated heterocycles. The van der Waals surface area contributed by atoms with Gasteiger partial charge in [0, 0.05) is 11.9 Å². The highest BCUT2D eigenvalue weighted by Gasteiger charge is 2.14. The Hall–Kier alpha value is -1.09. The molecule has 0 amide bonds. The fourth-order valence-corrected chi connectivity index (χ4v) is 3.49. The molecule has 3 rings (SSSR count). The first-order valence-electron chi connectivity index (χ1n) is 6.52. The molecule has 1 aromatic heterocycles. The Morgan fingerprint density at radius 1 is 1.24 bits per heavy atom. The minimum Gasteiger partial charge on any atom is -0.375 e. The van der Waals surface area contributed by atoms with E-state index in [0.717, 1.165) is 18.0 Å². The second-order valence-corrected chi connectivity index (χ2v) is 5.67. The molecule has 1 aliphatic rings. The van der Waals surface area contributed by atoms with E-state index < -0.39 is 0 Å². The molecule has 0 unspecified atom stereocenters. The largest absolute Gasteiger partial charge is 0.375 e. The van der Waals surface area contributed by atoms with Gasteiger partial charge in [-0.1, -0.05) is 37.8 Å². The maximum Gasteiger partial charge on any atom is 0.117 e. The normalized spacial score (nSPS) is 16.7. The van der Waals surface area contributed by atoms with E-state index in [1.807, 2.05) is 6.07 Å². The van der Waals surface area contributed by atoms with E-state index >= 15 is 0 Å². The minimum absolute atomic E-state index is 0.960. The summed E-state index contributed by atoms with van der Waals surface area (Å²) in [7, 11) is 0. The van der Waals surface area contributed by atoms with E-state index in [1.165, 1.54) is 42.5 Å². The number of nitrogens with one attached hydrogen (secondary N) is 1. The average Bonchev–Trinajstić information content (AvgIpc) is 2.99.